The molecule has 3 unspecified atom stereocenters. The van der Waals surface area contributed by atoms with Gasteiger partial charge in [0.25, 0.3) is 0 Å². The van der Waals surface area contributed by atoms with Crippen LogP contribution in [0.15, 0.2) is 26.7 Å². The van der Waals surface area contributed by atoms with E-state index in [1.165, 1.54) is 24.1 Å². The van der Waals surface area contributed by atoms with Crippen LogP contribution in [-0.4, -0.2) is 12.8 Å². The summed E-state index contributed by atoms with van der Waals surface area (Å²) in [7, 11) is 1.91. The van der Waals surface area contributed by atoms with Gasteiger partial charge in [-0.15, -0.1) is 0 Å². The van der Waals surface area contributed by atoms with Crippen LogP contribution in [0, 0.1) is 17.8 Å². The number of hydrogen-bond donors (Lipinski definition) is 0. The first kappa shape index (κ1) is 10.9. The zero-order valence-corrected chi connectivity index (χ0v) is 10.9. The van der Waals surface area contributed by atoms with Gasteiger partial charge in [0.2, 0.25) is 0 Å². The molecule has 3 aliphatic rings. The van der Waals surface area contributed by atoms with Crippen molar-refractivity contribution in [2.24, 2.45) is 22.7 Å². The number of aliphatic imine (C=N–C) groups is 1. The van der Waals surface area contributed by atoms with Gasteiger partial charge in [-0.1, -0.05) is 34.9 Å². The molecule has 0 aromatic rings. The summed E-state index contributed by atoms with van der Waals surface area (Å²) in [5.41, 5.74) is 4.20. The first-order valence-electron chi connectivity index (χ1n) is 5.94. The third-order valence-corrected chi connectivity index (χ3v) is 4.79. The lowest BCUT2D eigenvalue weighted by molar-refractivity contribution is 0.492. The summed E-state index contributed by atoms with van der Waals surface area (Å²) < 4.78 is 0.512. The molecule has 2 fully saturated rings. The van der Waals surface area contributed by atoms with Crippen molar-refractivity contribution in [1.82, 2.24) is 0 Å². The van der Waals surface area contributed by atoms with Crippen molar-refractivity contribution in [3.63, 3.8) is 0 Å². The highest BCUT2D eigenvalue weighted by Gasteiger charge is 2.50. The van der Waals surface area contributed by atoms with Gasteiger partial charge in [0.1, 0.15) is 4.49 Å². The van der Waals surface area contributed by atoms with Crippen LogP contribution in [0.2, 0.25) is 0 Å². The third kappa shape index (κ3) is 1.34. The quantitative estimate of drug-likeness (QED) is 0.578. The maximum Gasteiger partial charge on any atom is 0.106 e. The Morgan fingerprint density at radius 2 is 2.19 bits per heavy atom. The summed E-state index contributed by atoms with van der Waals surface area (Å²) in [6, 6.07) is 0. The van der Waals surface area contributed by atoms with Crippen molar-refractivity contribution in [1.29, 1.82) is 0 Å². The van der Waals surface area contributed by atoms with Crippen LogP contribution >= 0.6 is 23.2 Å². The fourth-order valence-electron chi connectivity index (χ4n) is 3.82. The topological polar surface area (TPSA) is 12.4 Å². The van der Waals surface area contributed by atoms with Crippen molar-refractivity contribution in [2.75, 3.05) is 7.05 Å². The van der Waals surface area contributed by atoms with Crippen LogP contribution in [0.4, 0.5) is 0 Å². The van der Waals surface area contributed by atoms with E-state index >= 15 is 0 Å². The molecule has 2 bridgehead atoms. The van der Waals surface area contributed by atoms with Crippen molar-refractivity contribution >= 4 is 28.9 Å². The minimum absolute atomic E-state index is 0.512. The molecule has 0 heterocycles. The van der Waals surface area contributed by atoms with E-state index in [1.807, 2.05) is 7.05 Å². The predicted octanol–water partition coefficient (Wildman–Crippen LogP) is 4.12. The van der Waals surface area contributed by atoms with Crippen molar-refractivity contribution in [3.05, 3.63) is 21.7 Å². The molecule has 0 aromatic heterocycles. The smallest absolute Gasteiger partial charge is 0.106 e. The van der Waals surface area contributed by atoms with Gasteiger partial charge in [-0.25, -0.2) is 0 Å². The minimum Gasteiger partial charge on any atom is -0.297 e. The highest BCUT2D eigenvalue weighted by Crippen LogP contribution is 2.59. The molecule has 0 aliphatic heterocycles. The summed E-state index contributed by atoms with van der Waals surface area (Å²) in [5, 5.41) is 0. The van der Waals surface area contributed by atoms with E-state index in [0.29, 0.717) is 22.2 Å². The summed E-state index contributed by atoms with van der Waals surface area (Å²) >= 11 is 12.1. The zero-order chi connectivity index (χ0) is 11.3. The lowest BCUT2D eigenvalue weighted by Crippen LogP contribution is -2.26. The van der Waals surface area contributed by atoms with E-state index in [4.69, 9.17) is 23.2 Å². The van der Waals surface area contributed by atoms with E-state index in [0.717, 1.165) is 12.8 Å². The monoisotopic (exact) mass is 255 g/mol. The lowest BCUT2D eigenvalue weighted by Gasteiger charge is -2.29. The first-order chi connectivity index (χ1) is 7.74. The maximum atomic E-state index is 6.05. The van der Waals surface area contributed by atoms with E-state index in [2.05, 4.69) is 11.1 Å². The minimum atomic E-state index is 0.512. The molecule has 3 heteroatoms. The summed E-state index contributed by atoms with van der Waals surface area (Å²) in [6.45, 7) is 0. The Balaban J connectivity index is 2.10. The Morgan fingerprint density at radius 1 is 1.38 bits per heavy atom. The number of hydrogen-bond acceptors (Lipinski definition) is 1. The van der Waals surface area contributed by atoms with Gasteiger partial charge in [0.15, 0.2) is 0 Å². The Kier molecular flexibility index (Phi) is 2.64. The van der Waals surface area contributed by atoms with Gasteiger partial charge in [0, 0.05) is 24.6 Å². The number of fused-ring (bicyclic) bond motifs is 5. The Bertz CT molecular complexity index is 416. The Hall–Kier alpha value is -0.270. The molecule has 3 aliphatic carbocycles. The van der Waals surface area contributed by atoms with Gasteiger partial charge >= 0.3 is 0 Å². The standard InChI is InChI=1S/C13H15Cl2N/c1-16-10-4-2-3-7-8-5-6-9(11(7)10)12(8)13(14)15/h3,8-9,11H,2,4-6H2,1H3. The number of nitrogens with zero attached hydrogens (tertiary/aromatic N) is 1. The average molecular weight is 256 g/mol. The lowest BCUT2D eigenvalue weighted by atomic mass is 9.76. The van der Waals surface area contributed by atoms with Gasteiger partial charge in [-0.05, 0) is 37.2 Å². The molecule has 0 aromatic carbocycles. The molecule has 0 radical (unpaired) electrons. The molecular formula is C13H15Cl2N. The molecule has 0 amide bonds. The van der Waals surface area contributed by atoms with E-state index in [-0.39, 0.29) is 0 Å². The summed E-state index contributed by atoms with van der Waals surface area (Å²) in [6.07, 6.45) is 7.10. The number of halogens is 2. The van der Waals surface area contributed by atoms with E-state index < -0.39 is 0 Å². The Morgan fingerprint density at radius 3 is 2.88 bits per heavy atom. The van der Waals surface area contributed by atoms with Crippen LogP contribution in [0.25, 0.3) is 0 Å². The second kappa shape index (κ2) is 3.89. The van der Waals surface area contributed by atoms with E-state index in [9.17, 15) is 0 Å². The molecule has 3 rings (SSSR count). The molecule has 16 heavy (non-hydrogen) atoms. The first-order valence-corrected chi connectivity index (χ1v) is 6.70. The van der Waals surface area contributed by atoms with Crippen molar-refractivity contribution in [2.45, 2.75) is 25.7 Å². The van der Waals surface area contributed by atoms with Gasteiger partial charge < -0.3 is 0 Å². The molecule has 86 valence electrons. The molecule has 0 N–H and O–H groups in total. The molecule has 3 atom stereocenters. The highest BCUT2D eigenvalue weighted by molar-refractivity contribution is 6.56. The SMILES string of the molecule is CN=C1CCC=C2C3CCC(C3=C(Cl)Cl)C21. The highest BCUT2D eigenvalue weighted by atomic mass is 35.5. The fraction of sp³-hybridized carbons (Fsp3) is 0.615. The van der Waals surface area contributed by atoms with Crippen LogP contribution in [0.3, 0.4) is 0 Å². The largest absolute Gasteiger partial charge is 0.297 e. The predicted molar refractivity (Wildman–Crippen MR) is 69.1 cm³/mol. The van der Waals surface area contributed by atoms with Crippen molar-refractivity contribution in [3.8, 4) is 0 Å². The second-order valence-electron chi connectivity index (χ2n) is 4.89. The molecule has 1 nitrogen and oxygen atoms in total. The van der Waals surface area contributed by atoms with Gasteiger partial charge in [0.05, 0.1) is 0 Å². The fourth-order valence-corrected chi connectivity index (χ4v) is 4.36. The van der Waals surface area contributed by atoms with Gasteiger partial charge in [-0.2, -0.15) is 0 Å². The number of rotatable bonds is 0. The maximum absolute atomic E-state index is 6.05. The van der Waals surface area contributed by atoms with E-state index in [1.54, 1.807) is 5.57 Å². The normalized spacial score (nSPS) is 38.9. The summed E-state index contributed by atoms with van der Waals surface area (Å²) in [5.74, 6) is 1.59. The van der Waals surface area contributed by atoms with Crippen LogP contribution < -0.4 is 0 Å². The second-order valence-corrected chi connectivity index (χ2v) is 5.84. The van der Waals surface area contributed by atoms with Gasteiger partial charge in [-0.3, -0.25) is 4.99 Å². The van der Waals surface area contributed by atoms with Crippen LogP contribution in [0.1, 0.15) is 25.7 Å². The number of allylic oxidation sites excluding steroid dienone is 3. The van der Waals surface area contributed by atoms with Crippen LogP contribution in [-0.2, 0) is 0 Å². The molecule has 0 saturated heterocycles. The Labute approximate surface area is 106 Å². The summed E-state index contributed by atoms with van der Waals surface area (Å²) in [4.78, 5) is 4.47. The molecular weight excluding hydrogens is 241 g/mol. The third-order valence-electron chi connectivity index (χ3n) is 4.35. The van der Waals surface area contributed by atoms with Crippen molar-refractivity contribution < 1.29 is 0 Å². The average Bonchev–Trinajstić information content (AvgIpc) is 2.84. The molecule has 2 saturated carbocycles. The molecule has 0 spiro atoms. The van der Waals surface area contributed by atoms with Crippen LogP contribution in [0.5, 0.6) is 0 Å². The zero-order valence-electron chi connectivity index (χ0n) is 9.34.